The van der Waals surface area contributed by atoms with E-state index in [-0.39, 0.29) is 18.1 Å². The maximum Gasteiger partial charge on any atom is 0.269 e. The van der Waals surface area contributed by atoms with E-state index in [1.54, 1.807) is 24.3 Å². The van der Waals surface area contributed by atoms with Crippen molar-refractivity contribution in [3.63, 3.8) is 0 Å². The number of aromatic amines is 1. The number of amides is 1. The Morgan fingerprint density at radius 2 is 1.93 bits per heavy atom. The van der Waals surface area contributed by atoms with E-state index < -0.39 is 5.91 Å². The molecule has 2 N–H and O–H groups in total. The number of hydrogen-bond acceptors (Lipinski definition) is 7. The molecule has 30 heavy (non-hydrogen) atoms. The molecule has 2 heterocycles. The Bertz CT molecular complexity index is 1280. The number of carbonyl (C=O) groups is 1. The van der Waals surface area contributed by atoms with Gasteiger partial charge in [-0.15, -0.1) is 5.10 Å². The lowest BCUT2D eigenvalue weighted by molar-refractivity contribution is 0.102. The van der Waals surface area contributed by atoms with Crippen molar-refractivity contribution in [2.75, 3.05) is 19.5 Å². The first kappa shape index (κ1) is 19.1. The van der Waals surface area contributed by atoms with E-state index in [0.717, 1.165) is 0 Å². The quantitative estimate of drug-likeness (QED) is 0.501. The number of carbonyl (C=O) groups excluding carboxylic acids is 1. The van der Waals surface area contributed by atoms with Gasteiger partial charge in [-0.1, -0.05) is 12.1 Å². The van der Waals surface area contributed by atoms with Crippen LogP contribution in [0.4, 0.5) is 5.95 Å². The Kier molecular flexibility index (Phi) is 5.12. The number of hydrogen-bond donors (Lipinski definition) is 2. The molecular weight excluding hydrogens is 388 g/mol. The smallest absolute Gasteiger partial charge is 0.269 e. The molecule has 10 nitrogen and oxygen atoms in total. The third-order valence-electron chi connectivity index (χ3n) is 4.46. The van der Waals surface area contributed by atoms with Crippen molar-refractivity contribution in [1.82, 2.24) is 24.7 Å². The zero-order chi connectivity index (χ0) is 21.1. The second kappa shape index (κ2) is 8.03. The van der Waals surface area contributed by atoms with E-state index in [2.05, 4.69) is 25.5 Å². The minimum atomic E-state index is -0.409. The van der Waals surface area contributed by atoms with Crippen molar-refractivity contribution in [2.45, 2.75) is 6.54 Å². The lowest BCUT2D eigenvalue weighted by atomic mass is 10.2. The first-order valence-electron chi connectivity index (χ1n) is 8.98. The zero-order valence-electron chi connectivity index (χ0n) is 16.2. The van der Waals surface area contributed by atoms with Gasteiger partial charge in [0.2, 0.25) is 5.95 Å². The number of fused-ring (bicyclic) bond motifs is 1. The molecule has 0 aliphatic heterocycles. The fourth-order valence-corrected chi connectivity index (χ4v) is 3.00. The van der Waals surface area contributed by atoms with E-state index in [4.69, 9.17) is 9.47 Å². The van der Waals surface area contributed by atoms with Crippen molar-refractivity contribution in [3.8, 4) is 11.5 Å². The molecule has 152 valence electrons. The summed E-state index contributed by atoms with van der Waals surface area (Å²) in [7, 11) is 3.01. The fraction of sp³-hybridized carbons (Fsp3) is 0.150. The highest BCUT2D eigenvalue weighted by Crippen LogP contribution is 2.27. The van der Waals surface area contributed by atoms with Crippen LogP contribution >= 0.6 is 0 Å². The average molecular weight is 406 g/mol. The Balaban J connectivity index is 1.54. The highest BCUT2D eigenvalue weighted by Gasteiger charge is 2.14. The summed E-state index contributed by atoms with van der Waals surface area (Å²) in [6, 6.07) is 12.1. The van der Waals surface area contributed by atoms with Crippen molar-refractivity contribution in [3.05, 3.63) is 70.4 Å². The Hall–Kier alpha value is -4.21. The molecule has 0 saturated carbocycles. The van der Waals surface area contributed by atoms with Gasteiger partial charge in [0, 0.05) is 5.56 Å². The molecule has 0 unspecified atom stereocenters. The van der Waals surface area contributed by atoms with Crippen LogP contribution in [0.5, 0.6) is 11.5 Å². The molecule has 0 spiro atoms. The number of anilines is 1. The Morgan fingerprint density at radius 1 is 1.13 bits per heavy atom. The summed E-state index contributed by atoms with van der Waals surface area (Å²) in [5, 5.41) is 9.37. The molecule has 0 bridgehead atoms. The van der Waals surface area contributed by atoms with Crippen LogP contribution in [0.15, 0.2) is 53.5 Å². The van der Waals surface area contributed by atoms with Gasteiger partial charge in [-0.05, 0) is 30.3 Å². The van der Waals surface area contributed by atoms with Crippen LogP contribution in [-0.4, -0.2) is 44.9 Å². The van der Waals surface area contributed by atoms with E-state index >= 15 is 0 Å². The number of nitrogens with one attached hydrogen (secondary N) is 2. The van der Waals surface area contributed by atoms with Crippen LogP contribution in [0.25, 0.3) is 11.0 Å². The molecule has 0 saturated heterocycles. The van der Waals surface area contributed by atoms with Gasteiger partial charge in [-0.2, -0.15) is 4.98 Å². The van der Waals surface area contributed by atoms with Crippen LogP contribution in [0.3, 0.4) is 0 Å². The van der Waals surface area contributed by atoms with Crippen molar-refractivity contribution in [2.24, 2.45) is 0 Å². The fourth-order valence-electron chi connectivity index (χ4n) is 3.00. The summed E-state index contributed by atoms with van der Waals surface area (Å²) in [5.74, 6) is 1.05. The maximum atomic E-state index is 12.5. The first-order valence-corrected chi connectivity index (χ1v) is 8.98. The summed E-state index contributed by atoms with van der Waals surface area (Å²) in [5.41, 5.74) is 1.47. The van der Waals surface area contributed by atoms with Crippen LogP contribution in [0, 0.1) is 0 Å². The number of aromatic nitrogens is 5. The Morgan fingerprint density at radius 3 is 2.73 bits per heavy atom. The molecule has 10 heteroatoms. The normalized spacial score (nSPS) is 10.7. The van der Waals surface area contributed by atoms with Gasteiger partial charge in [0.25, 0.3) is 11.5 Å². The summed E-state index contributed by atoms with van der Waals surface area (Å²) >= 11 is 0. The molecule has 0 aliphatic rings. The van der Waals surface area contributed by atoms with Gasteiger partial charge in [-0.25, -0.2) is 4.98 Å². The number of nitrogens with zero attached hydrogens (tertiary/aromatic N) is 4. The van der Waals surface area contributed by atoms with Gasteiger partial charge in [0.1, 0.15) is 5.82 Å². The number of rotatable bonds is 6. The van der Waals surface area contributed by atoms with Crippen molar-refractivity contribution >= 4 is 22.9 Å². The van der Waals surface area contributed by atoms with E-state index in [9.17, 15) is 9.59 Å². The maximum absolute atomic E-state index is 12.5. The first-order chi connectivity index (χ1) is 14.6. The predicted molar refractivity (Wildman–Crippen MR) is 109 cm³/mol. The van der Waals surface area contributed by atoms with E-state index in [1.165, 1.54) is 25.0 Å². The largest absolute Gasteiger partial charge is 0.493 e. The summed E-state index contributed by atoms with van der Waals surface area (Å²) in [6.45, 7) is 0.154. The number of H-pyrrole nitrogens is 1. The minimum absolute atomic E-state index is 0.0937. The van der Waals surface area contributed by atoms with Crippen LogP contribution < -0.4 is 20.3 Å². The molecule has 0 fully saturated rings. The molecule has 0 radical (unpaired) electrons. The van der Waals surface area contributed by atoms with E-state index in [1.807, 2.05) is 18.2 Å². The average Bonchev–Trinajstić information content (AvgIpc) is 3.22. The highest BCUT2D eigenvalue weighted by atomic mass is 16.5. The number of ether oxygens (including phenoxy) is 2. The third kappa shape index (κ3) is 3.70. The third-order valence-corrected chi connectivity index (χ3v) is 4.46. The van der Waals surface area contributed by atoms with Crippen LogP contribution in [0.2, 0.25) is 0 Å². The minimum Gasteiger partial charge on any atom is -0.493 e. The number of methoxy groups -OCH3 is 2. The molecule has 0 atom stereocenters. The number of benzene rings is 2. The second-order valence-corrected chi connectivity index (χ2v) is 6.30. The van der Waals surface area contributed by atoms with Gasteiger partial charge >= 0.3 is 0 Å². The summed E-state index contributed by atoms with van der Waals surface area (Å²) in [6.07, 6.45) is 1.26. The van der Waals surface area contributed by atoms with Gasteiger partial charge < -0.3 is 9.47 Å². The summed E-state index contributed by atoms with van der Waals surface area (Å²) < 4.78 is 11.9. The standard InChI is InChI=1S/C20H18N6O4/c1-29-15-8-7-12(9-16(15)30-2)19(28)23-20-22-17(24-25-20)11-26-14-6-4-3-5-13(14)21-10-18(26)27/h3-10H,11H2,1-2H3,(H2,22,23,24,25,28). The SMILES string of the molecule is COc1ccc(C(=O)Nc2n[nH]c(Cn3c(=O)cnc4ccccc43)n2)cc1OC. The highest BCUT2D eigenvalue weighted by molar-refractivity contribution is 6.03. The van der Waals surface area contributed by atoms with Gasteiger partial charge in [0.15, 0.2) is 11.5 Å². The number of para-hydroxylation sites is 2. The molecule has 2 aromatic carbocycles. The van der Waals surface area contributed by atoms with Gasteiger partial charge in [-0.3, -0.25) is 24.6 Å². The van der Waals surface area contributed by atoms with Crippen LogP contribution in [-0.2, 0) is 6.54 Å². The second-order valence-electron chi connectivity index (χ2n) is 6.30. The van der Waals surface area contributed by atoms with E-state index in [0.29, 0.717) is 33.9 Å². The molecule has 4 aromatic rings. The molecule has 2 aromatic heterocycles. The predicted octanol–water partition coefficient (Wildman–Crippen LogP) is 1.83. The molecule has 1 amide bonds. The lowest BCUT2D eigenvalue weighted by Gasteiger charge is -2.09. The monoisotopic (exact) mass is 406 g/mol. The molecule has 4 rings (SSSR count). The topological polar surface area (TPSA) is 124 Å². The summed E-state index contributed by atoms with van der Waals surface area (Å²) in [4.78, 5) is 33.2. The van der Waals surface area contributed by atoms with Crippen molar-refractivity contribution < 1.29 is 14.3 Å². The zero-order valence-corrected chi connectivity index (χ0v) is 16.2. The Labute approximate surface area is 170 Å². The van der Waals surface area contributed by atoms with Crippen LogP contribution in [0.1, 0.15) is 16.2 Å². The van der Waals surface area contributed by atoms with Crippen molar-refractivity contribution in [1.29, 1.82) is 0 Å². The lowest BCUT2D eigenvalue weighted by Crippen LogP contribution is -2.21. The van der Waals surface area contributed by atoms with Gasteiger partial charge in [0.05, 0.1) is 38.0 Å². The molecule has 0 aliphatic carbocycles. The molecular formula is C20H18N6O4.